The number of aryl methyl sites for hydroxylation is 1. The van der Waals surface area contributed by atoms with E-state index in [2.05, 4.69) is 15.2 Å². The number of aromatic nitrogens is 4. The van der Waals surface area contributed by atoms with Gasteiger partial charge in [0.05, 0.1) is 11.0 Å². The second kappa shape index (κ2) is 6.89. The predicted molar refractivity (Wildman–Crippen MR) is 118 cm³/mol. The Morgan fingerprint density at radius 3 is 2.47 bits per heavy atom. The van der Waals surface area contributed by atoms with E-state index in [1.165, 1.54) is 22.7 Å². The lowest BCUT2D eigenvalue weighted by Crippen LogP contribution is -2.27. The fraction of sp³-hybridized carbons (Fsp3) is 0.0952. The van der Waals surface area contributed by atoms with Crippen LogP contribution in [0.15, 0.2) is 70.3 Å². The highest BCUT2D eigenvalue weighted by Gasteiger charge is 2.27. The zero-order chi connectivity index (χ0) is 20.9. The van der Waals surface area contributed by atoms with E-state index in [1.807, 2.05) is 59.9 Å². The molecule has 3 aromatic heterocycles. The lowest BCUT2D eigenvalue weighted by Gasteiger charge is -2.18. The number of hydrogen-bond acceptors (Lipinski definition) is 6. The van der Waals surface area contributed by atoms with Crippen LogP contribution < -0.4 is 4.31 Å². The Labute approximate surface area is 177 Å². The second-order valence-electron chi connectivity index (χ2n) is 6.88. The number of hydrogen-bond donors (Lipinski definition) is 0. The highest BCUT2D eigenvalue weighted by molar-refractivity contribution is 7.94. The van der Waals surface area contributed by atoms with Gasteiger partial charge in [-0.25, -0.2) is 17.7 Å². The average molecular weight is 436 g/mol. The van der Waals surface area contributed by atoms with Crippen LogP contribution >= 0.6 is 11.3 Å². The minimum Gasteiger partial charge on any atom is -0.270 e. The third-order valence-corrected chi connectivity index (χ3v) is 8.05. The first kappa shape index (κ1) is 18.7. The summed E-state index contributed by atoms with van der Waals surface area (Å²) in [7, 11) is -2.27. The molecule has 5 aromatic rings. The molecule has 5 rings (SSSR count). The first-order chi connectivity index (χ1) is 14.5. The van der Waals surface area contributed by atoms with E-state index >= 15 is 0 Å². The Morgan fingerprint density at radius 1 is 0.967 bits per heavy atom. The largest absolute Gasteiger partial charge is 0.274 e. The molecule has 0 atom stereocenters. The van der Waals surface area contributed by atoms with Crippen molar-refractivity contribution in [3.63, 3.8) is 0 Å². The summed E-state index contributed by atoms with van der Waals surface area (Å²) in [6.45, 7) is 2.02. The molecule has 0 unspecified atom stereocenters. The predicted octanol–water partition coefficient (Wildman–Crippen LogP) is 4.14. The lowest BCUT2D eigenvalue weighted by atomic mass is 10.1. The average Bonchev–Trinajstić information content (AvgIpc) is 3.44. The Hall–Kier alpha value is -3.30. The van der Waals surface area contributed by atoms with Gasteiger partial charge in [-0.1, -0.05) is 48.0 Å². The summed E-state index contributed by atoms with van der Waals surface area (Å²) in [6.07, 6.45) is 0. The molecule has 2 aromatic carbocycles. The van der Waals surface area contributed by atoms with E-state index in [0.29, 0.717) is 17.0 Å². The monoisotopic (exact) mass is 435 g/mol. The van der Waals surface area contributed by atoms with E-state index in [1.54, 1.807) is 17.5 Å². The molecule has 0 spiro atoms. The minimum absolute atomic E-state index is 0.230. The van der Waals surface area contributed by atoms with Gasteiger partial charge in [0, 0.05) is 12.6 Å². The molecule has 0 amide bonds. The van der Waals surface area contributed by atoms with Crippen LogP contribution in [0.5, 0.6) is 0 Å². The minimum atomic E-state index is -3.76. The first-order valence-corrected chi connectivity index (χ1v) is 11.5. The van der Waals surface area contributed by atoms with Crippen LogP contribution in [-0.2, 0) is 10.0 Å². The molecule has 7 nitrogen and oxygen atoms in total. The van der Waals surface area contributed by atoms with Crippen molar-refractivity contribution in [2.24, 2.45) is 0 Å². The third-order valence-electron chi connectivity index (χ3n) is 4.93. The number of sulfonamides is 1. The van der Waals surface area contributed by atoms with Gasteiger partial charge in [-0.2, -0.15) is 0 Å². The van der Waals surface area contributed by atoms with Crippen molar-refractivity contribution in [1.82, 2.24) is 19.6 Å². The SMILES string of the molecule is Cc1ccc(-c2nnc3c(N(C)S(=O)(=O)c4cccs4)nc4ccccc4n23)cc1. The zero-order valence-corrected chi connectivity index (χ0v) is 17.9. The van der Waals surface area contributed by atoms with Gasteiger partial charge in [-0.05, 0) is 30.5 Å². The zero-order valence-electron chi connectivity index (χ0n) is 16.2. The van der Waals surface area contributed by atoms with Gasteiger partial charge in [-0.15, -0.1) is 21.5 Å². The van der Waals surface area contributed by atoms with Gasteiger partial charge in [-0.3, -0.25) is 4.40 Å². The second-order valence-corrected chi connectivity index (χ2v) is 10.0. The Kier molecular flexibility index (Phi) is 4.30. The molecule has 0 N–H and O–H groups in total. The van der Waals surface area contributed by atoms with E-state index in [0.717, 1.165) is 16.6 Å². The standard InChI is InChI=1S/C21H17N5O2S2/c1-14-9-11-15(12-10-14)19-23-24-21-20(22-16-6-3-4-7-17(16)26(19)21)25(2)30(27,28)18-8-5-13-29-18/h3-13H,1-2H3. The van der Waals surface area contributed by atoms with Crippen LogP contribution in [0, 0.1) is 6.92 Å². The van der Waals surface area contributed by atoms with Crippen LogP contribution in [0.4, 0.5) is 5.82 Å². The molecule has 3 heterocycles. The summed E-state index contributed by atoms with van der Waals surface area (Å²) >= 11 is 1.17. The fourth-order valence-corrected chi connectivity index (χ4v) is 5.64. The van der Waals surface area contributed by atoms with Crippen molar-refractivity contribution in [2.45, 2.75) is 11.1 Å². The summed E-state index contributed by atoms with van der Waals surface area (Å²) in [5, 5.41) is 10.5. The molecule has 30 heavy (non-hydrogen) atoms. The number of thiophene rings is 1. The molecule has 0 bridgehead atoms. The van der Waals surface area contributed by atoms with Crippen LogP contribution in [-0.4, -0.2) is 35.0 Å². The summed E-state index contributed by atoms with van der Waals surface area (Å²) < 4.78 is 29.5. The topological polar surface area (TPSA) is 80.5 Å². The number of para-hydroxylation sites is 2. The van der Waals surface area contributed by atoms with Crippen molar-refractivity contribution in [3.8, 4) is 11.4 Å². The van der Waals surface area contributed by atoms with Crippen molar-refractivity contribution in [3.05, 3.63) is 71.6 Å². The third kappa shape index (κ3) is 2.86. The van der Waals surface area contributed by atoms with Gasteiger partial charge < -0.3 is 0 Å². The quantitative estimate of drug-likeness (QED) is 0.424. The Bertz CT molecular complexity index is 1470. The summed E-state index contributed by atoms with van der Waals surface area (Å²) in [4.78, 5) is 4.63. The maximum Gasteiger partial charge on any atom is 0.274 e. The number of benzene rings is 2. The first-order valence-electron chi connectivity index (χ1n) is 9.20. The molecule has 0 aliphatic heterocycles. The molecular weight excluding hydrogens is 418 g/mol. The van der Waals surface area contributed by atoms with Crippen LogP contribution in [0.25, 0.3) is 28.1 Å². The maximum absolute atomic E-state index is 13.1. The van der Waals surface area contributed by atoms with Crippen molar-refractivity contribution < 1.29 is 8.42 Å². The van der Waals surface area contributed by atoms with E-state index in [4.69, 9.17) is 0 Å². The van der Waals surface area contributed by atoms with Gasteiger partial charge in [0.15, 0.2) is 11.6 Å². The molecule has 0 radical (unpaired) electrons. The van der Waals surface area contributed by atoms with Crippen LogP contribution in [0.3, 0.4) is 0 Å². The smallest absolute Gasteiger partial charge is 0.270 e. The van der Waals surface area contributed by atoms with Crippen molar-refractivity contribution in [1.29, 1.82) is 0 Å². The molecular formula is C21H17N5O2S2. The van der Waals surface area contributed by atoms with E-state index < -0.39 is 10.0 Å². The van der Waals surface area contributed by atoms with Crippen molar-refractivity contribution >= 4 is 43.9 Å². The molecule has 0 aliphatic rings. The van der Waals surface area contributed by atoms with Gasteiger partial charge >= 0.3 is 0 Å². The normalized spacial score (nSPS) is 11.9. The number of rotatable bonds is 4. The summed E-state index contributed by atoms with van der Waals surface area (Å²) in [5.74, 6) is 0.861. The molecule has 150 valence electrons. The van der Waals surface area contributed by atoms with E-state index in [-0.39, 0.29) is 10.0 Å². The Balaban J connectivity index is 1.80. The number of nitrogens with zero attached hydrogens (tertiary/aromatic N) is 5. The molecule has 0 saturated heterocycles. The van der Waals surface area contributed by atoms with Gasteiger partial charge in [0.1, 0.15) is 4.21 Å². The lowest BCUT2D eigenvalue weighted by molar-refractivity contribution is 0.596. The van der Waals surface area contributed by atoms with Gasteiger partial charge in [0.25, 0.3) is 10.0 Å². The van der Waals surface area contributed by atoms with Crippen LogP contribution in [0.1, 0.15) is 5.56 Å². The molecule has 0 saturated carbocycles. The highest BCUT2D eigenvalue weighted by atomic mass is 32.2. The van der Waals surface area contributed by atoms with Gasteiger partial charge in [0.2, 0.25) is 5.65 Å². The van der Waals surface area contributed by atoms with E-state index in [9.17, 15) is 8.42 Å². The summed E-state index contributed by atoms with van der Waals surface area (Å²) in [5.41, 5.74) is 3.87. The molecule has 0 fully saturated rings. The van der Waals surface area contributed by atoms with Crippen molar-refractivity contribution in [2.75, 3.05) is 11.4 Å². The van der Waals surface area contributed by atoms with Crippen LogP contribution in [0.2, 0.25) is 0 Å². The number of fused-ring (bicyclic) bond motifs is 3. The molecule has 0 aliphatic carbocycles. The maximum atomic E-state index is 13.1. The highest BCUT2D eigenvalue weighted by Crippen LogP contribution is 2.31. The fourth-order valence-electron chi connectivity index (χ4n) is 3.33. The summed E-state index contributed by atoms with van der Waals surface area (Å²) in [6, 6.07) is 18.8. The molecule has 9 heteroatoms. The number of anilines is 1. The Morgan fingerprint density at radius 2 is 1.73 bits per heavy atom.